The van der Waals surface area contributed by atoms with E-state index in [9.17, 15) is 5.11 Å². The van der Waals surface area contributed by atoms with E-state index in [0.29, 0.717) is 17.1 Å². The van der Waals surface area contributed by atoms with Crippen LogP contribution in [0.25, 0.3) is 0 Å². The van der Waals surface area contributed by atoms with Crippen LogP contribution in [-0.4, -0.2) is 25.9 Å². The molecule has 0 saturated heterocycles. The summed E-state index contributed by atoms with van der Waals surface area (Å²) in [7, 11) is 3.13. The van der Waals surface area contributed by atoms with Crippen LogP contribution in [0.2, 0.25) is 5.22 Å². The van der Waals surface area contributed by atoms with Gasteiger partial charge < -0.3 is 24.7 Å². The fraction of sp³-hybridized carbons (Fsp3) is 0.333. The minimum atomic E-state index is -0.862. The van der Waals surface area contributed by atoms with Crippen LogP contribution in [0.4, 0.5) is 0 Å². The first-order valence-corrected chi connectivity index (χ1v) is 6.83. The van der Waals surface area contributed by atoms with Gasteiger partial charge in [0.05, 0.1) is 26.6 Å². The zero-order chi connectivity index (χ0) is 15.4. The normalized spacial score (nSPS) is 13.8. The zero-order valence-electron chi connectivity index (χ0n) is 11.9. The number of benzene rings is 1. The first kappa shape index (κ1) is 15.7. The highest BCUT2D eigenvalue weighted by atomic mass is 35.5. The van der Waals surface area contributed by atoms with Gasteiger partial charge in [0.1, 0.15) is 0 Å². The summed E-state index contributed by atoms with van der Waals surface area (Å²) in [6.45, 7) is 0.248. The molecule has 114 valence electrons. The molecule has 2 atom stereocenters. The van der Waals surface area contributed by atoms with E-state index in [1.54, 1.807) is 32.4 Å². The van der Waals surface area contributed by atoms with Crippen LogP contribution >= 0.6 is 11.6 Å². The Hall–Kier alpha value is -1.69. The molecule has 1 heterocycles. The minimum Gasteiger partial charge on any atom is -0.493 e. The first-order valence-electron chi connectivity index (χ1n) is 6.45. The maximum Gasteiger partial charge on any atom is 0.198 e. The van der Waals surface area contributed by atoms with Crippen molar-refractivity contribution >= 4 is 11.6 Å². The number of furan rings is 1. The van der Waals surface area contributed by atoms with Crippen molar-refractivity contribution in [1.82, 2.24) is 0 Å². The van der Waals surface area contributed by atoms with E-state index < -0.39 is 6.10 Å². The molecule has 2 rings (SSSR count). The smallest absolute Gasteiger partial charge is 0.198 e. The van der Waals surface area contributed by atoms with Crippen LogP contribution in [0.5, 0.6) is 11.5 Å². The summed E-state index contributed by atoms with van der Waals surface area (Å²) >= 11 is 5.92. The van der Waals surface area contributed by atoms with Gasteiger partial charge in [-0.15, -0.1) is 0 Å². The van der Waals surface area contributed by atoms with Gasteiger partial charge in [0, 0.05) is 18.0 Å². The Morgan fingerprint density at radius 3 is 2.48 bits per heavy atom. The molecule has 0 fully saturated rings. The van der Waals surface area contributed by atoms with Crippen LogP contribution in [0.15, 0.2) is 34.9 Å². The molecule has 0 bridgehead atoms. The number of halogens is 1. The molecule has 5 nitrogen and oxygen atoms in total. The van der Waals surface area contributed by atoms with E-state index in [2.05, 4.69) is 0 Å². The maximum atomic E-state index is 10.5. The lowest BCUT2D eigenvalue weighted by molar-refractivity contribution is 0.146. The van der Waals surface area contributed by atoms with Crippen LogP contribution in [0, 0.1) is 0 Å². The molecule has 0 amide bonds. The SMILES string of the molecule is COc1ccc(C(CN)C(O)c2ccoc2Cl)cc1OC. The summed E-state index contributed by atoms with van der Waals surface area (Å²) in [6, 6.07) is 7.06. The van der Waals surface area contributed by atoms with E-state index in [0.717, 1.165) is 5.56 Å². The molecule has 0 radical (unpaired) electrons. The average molecular weight is 312 g/mol. The summed E-state index contributed by atoms with van der Waals surface area (Å²) in [5.74, 6) is 0.867. The molecule has 2 aromatic rings. The largest absolute Gasteiger partial charge is 0.493 e. The summed E-state index contributed by atoms with van der Waals surface area (Å²) < 4.78 is 15.5. The number of nitrogens with two attached hydrogens (primary N) is 1. The van der Waals surface area contributed by atoms with E-state index in [1.165, 1.54) is 6.26 Å². The fourth-order valence-corrected chi connectivity index (χ4v) is 2.49. The molecule has 0 aliphatic rings. The van der Waals surface area contributed by atoms with E-state index >= 15 is 0 Å². The van der Waals surface area contributed by atoms with Gasteiger partial charge in [0.25, 0.3) is 0 Å². The molecule has 6 heteroatoms. The van der Waals surface area contributed by atoms with Gasteiger partial charge in [-0.05, 0) is 35.4 Å². The Morgan fingerprint density at radius 2 is 1.95 bits per heavy atom. The van der Waals surface area contributed by atoms with Crippen LogP contribution in [0.1, 0.15) is 23.1 Å². The third-order valence-corrected chi connectivity index (χ3v) is 3.74. The highest BCUT2D eigenvalue weighted by molar-refractivity contribution is 6.29. The molecule has 0 aliphatic carbocycles. The Bertz CT molecular complexity index is 599. The second-order valence-electron chi connectivity index (χ2n) is 4.55. The predicted octanol–water partition coefficient (Wildman–Crippen LogP) is 2.73. The van der Waals surface area contributed by atoms with Crippen molar-refractivity contribution in [3.8, 4) is 11.5 Å². The lowest BCUT2D eigenvalue weighted by atomic mass is 9.90. The quantitative estimate of drug-likeness (QED) is 0.857. The summed E-state index contributed by atoms with van der Waals surface area (Å²) in [6.07, 6.45) is 0.572. The number of aliphatic hydroxyl groups is 1. The monoisotopic (exact) mass is 311 g/mol. The van der Waals surface area contributed by atoms with Crippen molar-refractivity contribution in [2.75, 3.05) is 20.8 Å². The van der Waals surface area contributed by atoms with E-state index in [4.69, 9.17) is 31.2 Å². The highest BCUT2D eigenvalue weighted by Crippen LogP contribution is 2.37. The highest BCUT2D eigenvalue weighted by Gasteiger charge is 2.25. The summed E-state index contributed by atoms with van der Waals surface area (Å²) in [5, 5.41) is 10.7. The van der Waals surface area contributed by atoms with Gasteiger partial charge in [0.2, 0.25) is 0 Å². The molecule has 1 aromatic carbocycles. The van der Waals surface area contributed by atoms with E-state index in [-0.39, 0.29) is 17.7 Å². The second kappa shape index (κ2) is 6.85. The second-order valence-corrected chi connectivity index (χ2v) is 4.89. The van der Waals surface area contributed by atoms with Crippen molar-refractivity contribution in [3.63, 3.8) is 0 Å². The van der Waals surface area contributed by atoms with Crippen LogP contribution in [-0.2, 0) is 0 Å². The lowest BCUT2D eigenvalue weighted by Gasteiger charge is -2.22. The third-order valence-electron chi connectivity index (χ3n) is 3.44. The fourth-order valence-electron chi connectivity index (χ4n) is 2.26. The summed E-state index contributed by atoms with van der Waals surface area (Å²) in [4.78, 5) is 0. The molecule has 0 spiro atoms. The molecule has 0 saturated carbocycles. The maximum absolute atomic E-state index is 10.5. The van der Waals surface area contributed by atoms with E-state index in [1.807, 2.05) is 6.07 Å². The molecule has 21 heavy (non-hydrogen) atoms. The standard InChI is InChI=1S/C15H18ClNO4/c1-19-12-4-3-9(7-13(12)20-2)11(8-17)14(18)10-5-6-21-15(10)16/h3-7,11,14,18H,8,17H2,1-2H3. The number of methoxy groups -OCH3 is 2. The number of hydrogen-bond acceptors (Lipinski definition) is 5. The molecule has 1 aromatic heterocycles. The number of hydrogen-bond donors (Lipinski definition) is 2. The number of aliphatic hydroxyl groups excluding tert-OH is 1. The Balaban J connectivity index is 2.35. The molecular formula is C15H18ClNO4. The molecule has 2 unspecified atom stereocenters. The van der Waals surface area contributed by atoms with Crippen LogP contribution < -0.4 is 15.2 Å². The molecule has 3 N–H and O–H groups in total. The van der Waals surface area contributed by atoms with Gasteiger partial charge >= 0.3 is 0 Å². The van der Waals surface area contributed by atoms with Crippen molar-refractivity contribution < 1.29 is 19.0 Å². The number of rotatable bonds is 6. The van der Waals surface area contributed by atoms with Crippen molar-refractivity contribution in [2.24, 2.45) is 5.73 Å². The van der Waals surface area contributed by atoms with Gasteiger partial charge in [0.15, 0.2) is 16.7 Å². The predicted molar refractivity (Wildman–Crippen MR) is 80.0 cm³/mol. The molecular weight excluding hydrogens is 294 g/mol. The van der Waals surface area contributed by atoms with Crippen molar-refractivity contribution in [2.45, 2.75) is 12.0 Å². The Labute approximate surface area is 128 Å². The average Bonchev–Trinajstić information content (AvgIpc) is 2.93. The zero-order valence-corrected chi connectivity index (χ0v) is 12.6. The van der Waals surface area contributed by atoms with Crippen molar-refractivity contribution in [3.05, 3.63) is 46.9 Å². The Kier molecular flexibility index (Phi) is 5.12. The summed E-state index contributed by atoms with van der Waals surface area (Å²) in [5.41, 5.74) is 7.17. The van der Waals surface area contributed by atoms with Crippen LogP contribution in [0.3, 0.4) is 0 Å². The Morgan fingerprint density at radius 1 is 1.24 bits per heavy atom. The number of ether oxygens (including phenoxy) is 2. The topological polar surface area (TPSA) is 77.9 Å². The van der Waals surface area contributed by atoms with Gasteiger partial charge in [-0.25, -0.2) is 0 Å². The lowest BCUT2D eigenvalue weighted by Crippen LogP contribution is -2.20. The van der Waals surface area contributed by atoms with Gasteiger partial charge in [-0.1, -0.05) is 6.07 Å². The van der Waals surface area contributed by atoms with Gasteiger partial charge in [-0.3, -0.25) is 0 Å². The minimum absolute atomic E-state index is 0.168. The third kappa shape index (κ3) is 3.15. The van der Waals surface area contributed by atoms with Crippen molar-refractivity contribution in [1.29, 1.82) is 0 Å². The first-order chi connectivity index (χ1) is 10.1. The van der Waals surface area contributed by atoms with Gasteiger partial charge in [-0.2, -0.15) is 0 Å². The molecule has 0 aliphatic heterocycles.